The Balaban J connectivity index is 1.86. The first-order valence-corrected chi connectivity index (χ1v) is 8.38. The van der Waals surface area contributed by atoms with Gasteiger partial charge in [-0.2, -0.15) is 0 Å². The number of thiazole rings is 1. The van der Waals surface area contributed by atoms with E-state index in [0.717, 1.165) is 21.3 Å². The maximum Gasteiger partial charge on any atom is 0.268 e. The van der Waals surface area contributed by atoms with Crippen LogP contribution in [-0.2, 0) is 0 Å². The maximum atomic E-state index is 12.8. The van der Waals surface area contributed by atoms with Crippen LogP contribution in [0.25, 0.3) is 37.3 Å². The van der Waals surface area contributed by atoms with Gasteiger partial charge >= 0.3 is 0 Å². The molecule has 0 saturated heterocycles. The van der Waals surface area contributed by atoms with Gasteiger partial charge in [0.05, 0.1) is 15.6 Å². The van der Waals surface area contributed by atoms with Crippen LogP contribution in [0.1, 0.15) is 0 Å². The van der Waals surface area contributed by atoms with Crippen molar-refractivity contribution in [2.45, 2.75) is 0 Å². The highest BCUT2D eigenvalue weighted by Gasteiger charge is 2.13. The SMILES string of the molecule is O=c1c2ccccc2nc2sc3cc(-c4ccccc4)cnc3n12. The predicted molar refractivity (Wildman–Crippen MR) is 97.6 cm³/mol. The van der Waals surface area contributed by atoms with Gasteiger partial charge < -0.3 is 0 Å². The van der Waals surface area contributed by atoms with Crippen molar-refractivity contribution in [1.82, 2.24) is 14.4 Å². The Labute approximate surface area is 140 Å². The number of aromatic nitrogens is 3. The van der Waals surface area contributed by atoms with Crippen molar-refractivity contribution >= 4 is 37.5 Å². The number of pyridine rings is 1. The molecule has 0 fully saturated rings. The summed E-state index contributed by atoms with van der Waals surface area (Å²) in [7, 11) is 0. The number of hydrogen-bond donors (Lipinski definition) is 0. The molecule has 0 radical (unpaired) electrons. The second-order valence-electron chi connectivity index (χ2n) is 5.57. The van der Waals surface area contributed by atoms with E-state index in [4.69, 9.17) is 0 Å². The van der Waals surface area contributed by atoms with Gasteiger partial charge in [0.2, 0.25) is 0 Å². The molecule has 5 aromatic rings. The highest BCUT2D eigenvalue weighted by molar-refractivity contribution is 7.23. The van der Waals surface area contributed by atoms with Gasteiger partial charge in [-0.25, -0.2) is 14.4 Å². The summed E-state index contributed by atoms with van der Waals surface area (Å²) >= 11 is 1.49. The number of nitrogens with zero attached hydrogens (tertiary/aromatic N) is 3. The van der Waals surface area contributed by atoms with Crippen LogP contribution in [0.2, 0.25) is 0 Å². The molecule has 3 heterocycles. The van der Waals surface area contributed by atoms with Crippen LogP contribution in [0.3, 0.4) is 0 Å². The van der Waals surface area contributed by atoms with Crippen LogP contribution in [0, 0.1) is 0 Å². The molecule has 0 atom stereocenters. The normalized spacial score (nSPS) is 11.5. The van der Waals surface area contributed by atoms with Crippen molar-refractivity contribution in [2.75, 3.05) is 0 Å². The minimum absolute atomic E-state index is 0.0678. The van der Waals surface area contributed by atoms with E-state index in [9.17, 15) is 4.79 Å². The molecular formula is C19H11N3OS. The van der Waals surface area contributed by atoms with E-state index in [1.54, 1.807) is 10.5 Å². The number of para-hydroxylation sites is 1. The predicted octanol–water partition coefficient (Wildman–Crippen LogP) is 4.12. The van der Waals surface area contributed by atoms with E-state index >= 15 is 0 Å². The summed E-state index contributed by atoms with van der Waals surface area (Å²) in [5.74, 6) is 0. The summed E-state index contributed by atoms with van der Waals surface area (Å²) in [4.78, 5) is 22.6. The third kappa shape index (κ3) is 1.88. The molecule has 114 valence electrons. The summed E-state index contributed by atoms with van der Waals surface area (Å²) in [5, 5.41) is 0.614. The quantitative estimate of drug-likeness (QED) is 0.465. The fourth-order valence-electron chi connectivity index (χ4n) is 2.93. The molecule has 0 spiro atoms. The van der Waals surface area contributed by atoms with Gasteiger partial charge in [0.25, 0.3) is 5.56 Å². The fraction of sp³-hybridized carbons (Fsp3) is 0. The smallest absolute Gasteiger partial charge is 0.268 e. The third-order valence-corrected chi connectivity index (χ3v) is 5.07. The molecule has 0 aliphatic carbocycles. The summed E-state index contributed by atoms with van der Waals surface area (Å²) in [6.07, 6.45) is 1.81. The number of benzene rings is 2. The van der Waals surface area contributed by atoms with Crippen molar-refractivity contribution in [3.05, 3.63) is 77.2 Å². The third-order valence-electron chi connectivity index (χ3n) is 4.10. The van der Waals surface area contributed by atoms with E-state index < -0.39 is 0 Å². The molecule has 4 nitrogen and oxygen atoms in total. The molecule has 0 amide bonds. The number of rotatable bonds is 1. The molecule has 24 heavy (non-hydrogen) atoms. The van der Waals surface area contributed by atoms with Crippen molar-refractivity contribution in [2.24, 2.45) is 0 Å². The zero-order valence-electron chi connectivity index (χ0n) is 12.5. The van der Waals surface area contributed by atoms with Crippen molar-refractivity contribution in [3.8, 4) is 11.1 Å². The van der Waals surface area contributed by atoms with Crippen LogP contribution in [0.4, 0.5) is 0 Å². The van der Waals surface area contributed by atoms with Crippen LogP contribution in [0.5, 0.6) is 0 Å². The number of hydrogen-bond acceptors (Lipinski definition) is 4. The van der Waals surface area contributed by atoms with E-state index in [1.807, 2.05) is 42.6 Å². The highest BCUT2D eigenvalue weighted by Crippen LogP contribution is 2.28. The lowest BCUT2D eigenvalue weighted by molar-refractivity contribution is 1.12. The molecule has 0 saturated carbocycles. The Bertz CT molecular complexity index is 1270. The van der Waals surface area contributed by atoms with Gasteiger partial charge in [0, 0.05) is 11.8 Å². The lowest BCUT2D eigenvalue weighted by Crippen LogP contribution is -2.13. The fourth-order valence-corrected chi connectivity index (χ4v) is 3.96. The first kappa shape index (κ1) is 13.4. The Hall–Kier alpha value is -3.05. The van der Waals surface area contributed by atoms with E-state index in [1.165, 1.54) is 11.3 Å². The van der Waals surface area contributed by atoms with Crippen molar-refractivity contribution < 1.29 is 0 Å². The topological polar surface area (TPSA) is 47.3 Å². The van der Waals surface area contributed by atoms with Gasteiger partial charge in [-0.3, -0.25) is 4.79 Å². The minimum Gasteiger partial charge on any atom is -0.268 e. The Kier molecular flexibility index (Phi) is 2.78. The second-order valence-corrected chi connectivity index (χ2v) is 6.58. The first-order valence-electron chi connectivity index (χ1n) is 7.57. The monoisotopic (exact) mass is 329 g/mol. The molecule has 3 aromatic heterocycles. The molecule has 5 heteroatoms. The van der Waals surface area contributed by atoms with E-state index in [-0.39, 0.29) is 5.56 Å². The first-order chi connectivity index (χ1) is 11.8. The molecule has 5 rings (SSSR count). The zero-order chi connectivity index (χ0) is 16.1. The summed E-state index contributed by atoms with van der Waals surface area (Å²) in [6, 6.07) is 19.6. The molecule has 0 bridgehead atoms. The summed E-state index contributed by atoms with van der Waals surface area (Å²) in [5.41, 5.74) is 3.46. The van der Waals surface area contributed by atoms with Gasteiger partial charge in [-0.05, 0) is 23.8 Å². The Morgan fingerprint density at radius 2 is 1.71 bits per heavy atom. The lowest BCUT2D eigenvalue weighted by atomic mass is 10.1. The van der Waals surface area contributed by atoms with Crippen LogP contribution in [0.15, 0.2) is 71.7 Å². The lowest BCUT2D eigenvalue weighted by Gasteiger charge is -2.01. The minimum atomic E-state index is -0.0678. The number of fused-ring (bicyclic) bond motifs is 4. The van der Waals surface area contributed by atoms with Gasteiger partial charge in [-0.15, -0.1) is 0 Å². The van der Waals surface area contributed by atoms with Gasteiger partial charge in [0.1, 0.15) is 0 Å². The summed E-state index contributed by atoms with van der Waals surface area (Å²) < 4.78 is 2.56. The molecule has 0 N–H and O–H groups in total. The standard InChI is InChI=1S/C19H11N3OS/c23-18-14-8-4-5-9-15(14)21-19-22(18)17-16(24-19)10-13(11-20-17)12-6-2-1-3-7-12/h1-11H. The molecular weight excluding hydrogens is 318 g/mol. The maximum absolute atomic E-state index is 12.8. The zero-order valence-corrected chi connectivity index (χ0v) is 13.3. The summed E-state index contributed by atoms with van der Waals surface area (Å²) in [6.45, 7) is 0. The van der Waals surface area contributed by atoms with E-state index in [2.05, 4.69) is 28.2 Å². The average molecular weight is 329 g/mol. The average Bonchev–Trinajstić information content (AvgIpc) is 3.00. The van der Waals surface area contributed by atoms with Crippen LogP contribution < -0.4 is 5.56 Å². The second kappa shape index (κ2) is 4.97. The Morgan fingerprint density at radius 3 is 2.58 bits per heavy atom. The molecule has 2 aromatic carbocycles. The van der Waals surface area contributed by atoms with Crippen molar-refractivity contribution in [3.63, 3.8) is 0 Å². The van der Waals surface area contributed by atoms with E-state index in [0.29, 0.717) is 16.0 Å². The highest BCUT2D eigenvalue weighted by atomic mass is 32.1. The van der Waals surface area contributed by atoms with Gasteiger partial charge in [0.15, 0.2) is 10.6 Å². The largest absolute Gasteiger partial charge is 0.268 e. The molecule has 0 aliphatic rings. The Morgan fingerprint density at radius 1 is 0.917 bits per heavy atom. The van der Waals surface area contributed by atoms with Crippen LogP contribution >= 0.6 is 11.3 Å². The van der Waals surface area contributed by atoms with Crippen LogP contribution in [-0.4, -0.2) is 14.4 Å². The van der Waals surface area contributed by atoms with Gasteiger partial charge in [-0.1, -0.05) is 53.8 Å². The molecule has 0 unspecified atom stereocenters. The molecule has 0 aliphatic heterocycles. The van der Waals surface area contributed by atoms with Crippen molar-refractivity contribution in [1.29, 1.82) is 0 Å².